The maximum absolute atomic E-state index is 14.1. The van der Waals surface area contributed by atoms with Crippen molar-refractivity contribution in [2.75, 3.05) is 13.3 Å². The maximum atomic E-state index is 14.1. The molecule has 2 heterocycles. The Balaban J connectivity index is 1.19. The molecule has 1 amide bonds. The zero-order valence-corrected chi connectivity index (χ0v) is 26.4. The molecule has 11 heteroatoms. The Hall–Kier alpha value is -3.80. The Morgan fingerprint density at radius 3 is 2.42 bits per heavy atom. The number of hydrogen-bond acceptors (Lipinski definition) is 8. The molecule has 3 aliphatic rings. The van der Waals surface area contributed by atoms with Crippen LogP contribution in [0.3, 0.4) is 0 Å². The number of amides is 1. The fraction of sp³-hybridized carbons (Fsp3) is 0.441. The molecule has 10 nitrogen and oxygen atoms in total. The van der Waals surface area contributed by atoms with Crippen LogP contribution in [-0.2, 0) is 27.6 Å². The molecule has 45 heavy (non-hydrogen) atoms. The van der Waals surface area contributed by atoms with Crippen LogP contribution in [0.4, 0.5) is 4.79 Å². The van der Waals surface area contributed by atoms with Crippen LogP contribution in [0.1, 0.15) is 50.7 Å². The Labute approximate surface area is 264 Å². The number of rotatable bonds is 11. The van der Waals surface area contributed by atoms with Gasteiger partial charge in [-0.25, -0.2) is 13.2 Å². The van der Waals surface area contributed by atoms with Gasteiger partial charge < -0.3 is 24.1 Å². The van der Waals surface area contributed by atoms with Crippen molar-refractivity contribution < 1.29 is 37.3 Å². The van der Waals surface area contributed by atoms with Gasteiger partial charge in [0, 0.05) is 12.6 Å². The monoisotopic (exact) mass is 636 g/mol. The first kappa shape index (κ1) is 31.2. The molecule has 6 rings (SSSR count). The van der Waals surface area contributed by atoms with Crippen LogP contribution in [0.15, 0.2) is 77.7 Å². The lowest BCUT2D eigenvalue weighted by molar-refractivity contribution is -0.0658. The standard InChI is InChI=1S/C34H40N2O8S/c1-34(2)36(33(37)38)28(18-23-12-14-26(15-13-23)41-21-24-8-4-3-5-9-24)31(44-34)20-35-32(25-10-6-7-11-25)45(39,40)27-16-17-29-30(19-27)43-22-42-29/h3-5,8-9,12-17,19,25,28,31-32,35H,6-7,10-11,18,20-22H2,1-2H3,(H,37,38)/t28-,31+,32?/m0/s1. The molecule has 1 aliphatic carbocycles. The molecule has 1 saturated heterocycles. The molecule has 0 radical (unpaired) electrons. The van der Waals surface area contributed by atoms with Crippen molar-refractivity contribution in [3.63, 3.8) is 0 Å². The zero-order chi connectivity index (χ0) is 31.6. The Kier molecular flexibility index (Phi) is 8.94. The minimum Gasteiger partial charge on any atom is -0.489 e. The van der Waals surface area contributed by atoms with E-state index in [0.717, 1.165) is 36.8 Å². The highest BCUT2D eigenvalue weighted by molar-refractivity contribution is 7.92. The number of benzene rings is 3. The lowest BCUT2D eigenvalue weighted by atomic mass is 9.99. The van der Waals surface area contributed by atoms with Gasteiger partial charge in [0.05, 0.1) is 17.0 Å². The molecule has 0 bridgehead atoms. The van der Waals surface area contributed by atoms with Crippen LogP contribution >= 0.6 is 0 Å². The van der Waals surface area contributed by atoms with Gasteiger partial charge in [-0.2, -0.15) is 0 Å². The average Bonchev–Trinajstić information content (AvgIpc) is 3.77. The summed E-state index contributed by atoms with van der Waals surface area (Å²) in [5.74, 6) is 1.57. The predicted octanol–water partition coefficient (Wildman–Crippen LogP) is 5.60. The van der Waals surface area contributed by atoms with E-state index in [9.17, 15) is 18.3 Å². The minimum absolute atomic E-state index is 0.0584. The lowest BCUT2D eigenvalue weighted by Crippen LogP contribution is -2.50. The summed E-state index contributed by atoms with van der Waals surface area (Å²) in [4.78, 5) is 14.0. The van der Waals surface area contributed by atoms with Crippen LogP contribution in [-0.4, -0.2) is 61.1 Å². The number of fused-ring (bicyclic) bond motifs is 1. The summed E-state index contributed by atoms with van der Waals surface area (Å²) in [6, 6.07) is 21.7. The van der Waals surface area contributed by atoms with Crippen molar-refractivity contribution in [2.24, 2.45) is 5.92 Å². The van der Waals surface area contributed by atoms with Gasteiger partial charge in [-0.05, 0) is 74.4 Å². The Morgan fingerprint density at radius 2 is 1.71 bits per heavy atom. The first-order valence-electron chi connectivity index (χ1n) is 15.4. The molecule has 3 aromatic carbocycles. The zero-order valence-electron chi connectivity index (χ0n) is 25.6. The normalized spacial score (nSPS) is 21.6. The fourth-order valence-electron chi connectivity index (χ4n) is 6.77. The summed E-state index contributed by atoms with van der Waals surface area (Å²) in [6.45, 7) is 4.13. The summed E-state index contributed by atoms with van der Waals surface area (Å²) in [7, 11) is -3.81. The highest BCUT2D eigenvalue weighted by atomic mass is 32.2. The molecule has 3 atom stereocenters. The van der Waals surface area contributed by atoms with Gasteiger partial charge in [-0.1, -0.05) is 55.3 Å². The molecular weight excluding hydrogens is 596 g/mol. The molecule has 3 aromatic rings. The Morgan fingerprint density at radius 1 is 1.00 bits per heavy atom. The van der Waals surface area contributed by atoms with Gasteiger partial charge in [0.15, 0.2) is 21.3 Å². The second-order valence-electron chi connectivity index (χ2n) is 12.4. The van der Waals surface area contributed by atoms with Crippen LogP contribution < -0.4 is 19.5 Å². The van der Waals surface area contributed by atoms with Gasteiger partial charge in [-0.3, -0.25) is 10.2 Å². The summed E-state index contributed by atoms with van der Waals surface area (Å²) in [5, 5.41) is 12.7. The fourth-order valence-corrected chi connectivity index (χ4v) is 8.69. The van der Waals surface area contributed by atoms with Crippen LogP contribution in [0.2, 0.25) is 0 Å². The van der Waals surface area contributed by atoms with Crippen molar-refractivity contribution in [3.8, 4) is 17.2 Å². The quantitative estimate of drug-likeness (QED) is 0.277. The third-order valence-corrected chi connectivity index (χ3v) is 11.1. The topological polar surface area (TPSA) is 124 Å². The van der Waals surface area contributed by atoms with Gasteiger partial charge in [0.25, 0.3) is 0 Å². The largest absolute Gasteiger partial charge is 0.489 e. The number of nitrogens with one attached hydrogen (secondary N) is 1. The second kappa shape index (κ2) is 12.9. The molecule has 0 spiro atoms. The number of carbonyl (C=O) groups is 1. The predicted molar refractivity (Wildman–Crippen MR) is 167 cm³/mol. The average molecular weight is 637 g/mol. The van der Waals surface area contributed by atoms with E-state index in [1.54, 1.807) is 26.0 Å². The second-order valence-corrected chi connectivity index (χ2v) is 14.4. The van der Waals surface area contributed by atoms with Crippen molar-refractivity contribution >= 4 is 15.9 Å². The first-order chi connectivity index (χ1) is 21.6. The number of carboxylic acid groups (broad SMARTS) is 1. The smallest absolute Gasteiger partial charge is 0.409 e. The van der Waals surface area contributed by atoms with Crippen LogP contribution in [0.5, 0.6) is 17.2 Å². The number of nitrogens with zero attached hydrogens (tertiary/aromatic N) is 1. The molecule has 1 unspecified atom stereocenters. The van der Waals surface area contributed by atoms with E-state index in [0.29, 0.717) is 30.3 Å². The summed E-state index contributed by atoms with van der Waals surface area (Å²) in [5.41, 5.74) is 0.890. The highest BCUT2D eigenvalue weighted by Crippen LogP contribution is 2.39. The van der Waals surface area contributed by atoms with Crippen LogP contribution in [0.25, 0.3) is 0 Å². The van der Waals surface area contributed by atoms with Crippen molar-refractivity contribution in [1.82, 2.24) is 10.2 Å². The van der Waals surface area contributed by atoms with E-state index in [-0.39, 0.29) is 24.2 Å². The van der Waals surface area contributed by atoms with Crippen molar-refractivity contribution in [3.05, 3.63) is 83.9 Å². The SMILES string of the molecule is CC1(C)O[C@H](CNC(C2CCCC2)S(=O)(=O)c2ccc3c(c2)OCO3)[C@H](Cc2ccc(OCc3ccccc3)cc2)N1C(=O)O. The van der Waals surface area contributed by atoms with E-state index in [1.807, 2.05) is 54.6 Å². The lowest BCUT2D eigenvalue weighted by Gasteiger charge is -2.31. The molecular formula is C34H40N2O8S. The Bertz CT molecular complexity index is 1590. The van der Waals surface area contributed by atoms with Crippen LogP contribution in [0, 0.1) is 5.92 Å². The van der Waals surface area contributed by atoms with E-state index >= 15 is 0 Å². The minimum atomic E-state index is -3.81. The molecule has 2 aliphatic heterocycles. The van der Waals surface area contributed by atoms with E-state index in [2.05, 4.69) is 5.32 Å². The number of hydrogen-bond donors (Lipinski definition) is 2. The highest BCUT2D eigenvalue weighted by Gasteiger charge is 2.50. The van der Waals surface area contributed by atoms with Crippen molar-refractivity contribution in [2.45, 2.75) is 80.7 Å². The van der Waals surface area contributed by atoms with E-state index in [1.165, 1.54) is 11.0 Å². The van der Waals surface area contributed by atoms with Gasteiger partial charge in [0.1, 0.15) is 23.5 Å². The maximum Gasteiger partial charge on any atom is 0.409 e. The first-order valence-corrected chi connectivity index (χ1v) is 17.0. The van der Waals surface area contributed by atoms with E-state index < -0.39 is 39.2 Å². The molecule has 2 fully saturated rings. The summed E-state index contributed by atoms with van der Waals surface area (Å²) >= 11 is 0. The number of sulfone groups is 1. The van der Waals surface area contributed by atoms with Gasteiger partial charge in [0.2, 0.25) is 6.79 Å². The summed E-state index contributed by atoms with van der Waals surface area (Å²) in [6.07, 6.45) is 2.24. The molecule has 0 aromatic heterocycles. The third kappa shape index (κ3) is 6.75. The van der Waals surface area contributed by atoms with Crippen molar-refractivity contribution in [1.29, 1.82) is 0 Å². The number of ether oxygens (including phenoxy) is 4. The summed E-state index contributed by atoms with van der Waals surface area (Å²) < 4.78 is 51.2. The van der Waals surface area contributed by atoms with Gasteiger partial charge >= 0.3 is 6.09 Å². The van der Waals surface area contributed by atoms with Gasteiger partial charge in [-0.15, -0.1) is 0 Å². The molecule has 240 valence electrons. The molecule has 2 N–H and O–H groups in total. The third-order valence-electron chi connectivity index (χ3n) is 8.96. The molecule has 1 saturated carbocycles. The van der Waals surface area contributed by atoms with E-state index in [4.69, 9.17) is 18.9 Å².